The van der Waals surface area contributed by atoms with Gasteiger partial charge in [0.1, 0.15) is 17.4 Å². The Morgan fingerprint density at radius 2 is 1.95 bits per heavy atom. The highest BCUT2D eigenvalue weighted by Crippen LogP contribution is 2.37. The molecule has 3 aromatic heterocycles. The van der Waals surface area contributed by atoms with Gasteiger partial charge in [-0.05, 0) is 57.0 Å². The van der Waals surface area contributed by atoms with Gasteiger partial charge in [0.2, 0.25) is 17.3 Å². The zero-order chi connectivity index (χ0) is 28.5. The van der Waals surface area contributed by atoms with Crippen LogP contribution in [-0.2, 0) is 16.0 Å². The van der Waals surface area contributed by atoms with Crippen molar-refractivity contribution in [3.63, 3.8) is 0 Å². The molecule has 1 amide bonds. The van der Waals surface area contributed by atoms with Crippen molar-refractivity contribution in [2.75, 3.05) is 5.32 Å². The van der Waals surface area contributed by atoms with Crippen molar-refractivity contribution in [3.05, 3.63) is 65.4 Å². The number of halogens is 3. The number of fused-ring (bicyclic) bond motifs is 1. The second-order valence-corrected chi connectivity index (χ2v) is 9.51. The third-order valence-corrected chi connectivity index (χ3v) is 6.23. The van der Waals surface area contributed by atoms with Gasteiger partial charge in [0, 0.05) is 30.3 Å². The minimum absolute atomic E-state index is 0.0792. The van der Waals surface area contributed by atoms with E-state index in [-0.39, 0.29) is 24.0 Å². The molecule has 4 aromatic rings. The lowest BCUT2D eigenvalue weighted by Gasteiger charge is -2.31. The fraction of sp³-hybridized carbons (Fsp3) is 0.346. The predicted octanol–water partition coefficient (Wildman–Crippen LogP) is 4.40. The number of aromatic nitrogens is 4. The summed E-state index contributed by atoms with van der Waals surface area (Å²) in [5, 5.41) is 6.72. The molecule has 39 heavy (non-hydrogen) atoms. The molecule has 3 heterocycles. The van der Waals surface area contributed by atoms with Crippen LogP contribution in [0.25, 0.3) is 17.0 Å². The van der Waals surface area contributed by atoms with Gasteiger partial charge < -0.3 is 20.3 Å². The maximum Gasteiger partial charge on any atom is 0.428 e. The number of hydrogen-bond acceptors (Lipinski definition) is 8. The molecule has 4 rings (SSSR count). The Hall–Kier alpha value is -4.26. The van der Waals surface area contributed by atoms with E-state index in [1.165, 1.54) is 13.1 Å². The van der Waals surface area contributed by atoms with Gasteiger partial charge in [-0.25, -0.2) is 4.98 Å². The van der Waals surface area contributed by atoms with E-state index >= 15 is 0 Å². The second kappa shape index (κ2) is 10.5. The minimum atomic E-state index is -4.84. The number of hydrogen-bond donors (Lipinski definition) is 2. The number of imidazole rings is 1. The van der Waals surface area contributed by atoms with E-state index in [4.69, 9.17) is 10.3 Å². The molecule has 0 aliphatic heterocycles. The van der Waals surface area contributed by atoms with E-state index in [1.807, 2.05) is 19.1 Å². The Morgan fingerprint density at radius 3 is 2.64 bits per heavy atom. The fourth-order valence-corrected chi connectivity index (χ4v) is 3.72. The summed E-state index contributed by atoms with van der Waals surface area (Å²) in [7, 11) is 0. The zero-order valence-electron chi connectivity index (χ0n) is 21.7. The number of nitrogens with one attached hydrogen (secondary N) is 1. The molecular weight excluding hydrogens is 517 g/mol. The van der Waals surface area contributed by atoms with Gasteiger partial charge >= 0.3 is 12.1 Å². The minimum Gasteiger partial charge on any atom is -0.449 e. The summed E-state index contributed by atoms with van der Waals surface area (Å²) < 4.78 is 52.5. The van der Waals surface area contributed by atoms with Crippen molar-refractivity contribution in [1.29, 1.82) is 0 Å². The van der Waals surface area contributed by atoms with Crippen molar-refractivity contribution in [2.45, 2.75) is 58.4 Å². The van der Waals surface area contributed by atoms with Crippen LogP contribution in [0.3, 0.4) is 0 Å². The molecule has 1 aromatic carbocycles. The Labute approximate surface area is 221 Å². The van der Waals surface area contributed by atoms with Crippen LogP contribution in [0.1, 0.15) is 47.8 Å². The lowest BCUT2D eigenvalue weighted by atomic mass is 9.99. The van der Waals surface area contributed by atoms with Crippen molar-refractivity contribution < 1.29 is 32.0 Å². The number of carbonyl (C=O) groups excluding carboxylic acids is 2. The molecule has 2 atom stereocenters. The summed E-state index contributed by atoms with van der Waals surface area (Å²) in [5.41, 5.74) is 6.28. The van der Waals surface area contributed by atoms with Crippen molar-refractivity contribution in [1.82, 2.24) is 19.5 Å². The highest BCUT2D eigenvalue weighted by Gasteiger charge is 2.54. The molecule has 3 N–H and O–H groups in total. The molecule has 0 radical (unpaired) electrons. The average Bonchev–Trinajstić information content (AvgIpc) is 3.50. The smallest absolute Gasteiger partial charge is 0.428 e. The number of ether oxygens (including phenoxy) is 1. The number of pyridine rings is 1. The van der Waals surface area contributed by atoms with Crippen molar-refractivity contribution in [3.8, 4) is 11.4 Å². The van der Waals surface area contributed by atoms with Gasteiger partial charge in [-0.1, -0.05) is 17.3 Å². The third-order valence-electron chi connectivity index (χ3n) is 6.23. The maximum atomic E-state index is 13.7. The van der Waals surface area contributed by atoms with Crippen molar-refractivity contribution >= 4 is 23.2 Å². The summed E-state index contributed by atoms with van der Waals surface area (Å²) in [6, 6.07) is 7.59. The number of anilines is 1. The number of esters is 1. The highest BCUT2D eigenvalue weighted by molar-refractivity contribution is 6.04. The number of nitrogens with two attached hydrogens (primary N) is 1. The monoisotopic (exact) mass is 544 g/mol. The third kappa shape index (κ3) is 5.93. The predicted molar refractivity (Wildman–Crippen MR) is 135 cm³/mol. The number of benzene rings is 1. The molecule has 0 saturated heterocycles. The Kier molecular flexibility index (Phi) is 7.46. The molecule has 0 spiro atoms. The summed E-state index contributed by atoms with van der Waals surface area (Å²) in [5.74, 6) is -1.51. The lowest BCUT2D eigenvalue weighted by molar-refractivity contribution is -0.266. The van der Waals surface area contributed by atoms with E-state index in [0.29, 0.717) is 22.6 Å². The topological polar surface area (TPSA) is 138 Å². The first-order valence-electron chi connectivity index (χ1n) is 12.0. The standard InChI is InChI=1S/C26H27F3N6O4/c1-14-8-10-35-19(13-31-20(35)11-14)23(36)32-18-12-17(6-5-15(18)2)22-33-21(39-34-22)7-9-25(4,26(27,28)29)38-24(37)16(3)30/h5-6,8,10-13,16H,7,9,30H2,1-4H3,(H,32,36). The Morgan fingerprint density at radius 1 is 1.21 bits per heavy atom. The molecule has 206 valence electrons. The van der Waals surface area contributed by atoms with E-state index in [9.17, 15) is 22.8 Å². The van der Waals surface area contributed by atoms with Crippen LogP contribution in [0.5, 0.6) is 0 Å². The number of amides is 1. The molecule has 0 aliphatic carbocycles. The second-order valence-electron chi connectivity index (χ2n) is 9.51. The maximum absolute atomic E-state index is 13.7. The van der Waals surface area contributed by atoms with Crippen LogP contribution in [0.15, 0.2) is 47.2 Å². The van der Waals surface area contributed by atoms with Gasteiger partial charge in [0.05, 0.1) is 6.20 Å². The van der Waals surface area contributed by atoms with Crippen LogP contribution >= 0.6 is 0 Å². The SMILES string of the molecule is Cc1ccn2c(C(=O)Nc3cc(-c4noc(CCC(C)(OC(=O)C(C)N)C(F)(F)F)n4)ccc3C)cnc2c1. The first-order valence-corrected chi connectivity index (χ1v) is 12.0. The first-order chi connectivity index (χ1) is 18.3. The molecule has 10 nitrogen and oxygen atoms in total. The quantitative estimate of drug-likeness (QED) is 0.312. The Bertz CT molecular complexity index is 1530. The number of rotatable bonds is 8. The Balaban J connectivity index is 1.50. The van der Waals surface area contributed by atoms with E-state index < -0.39 is 30.2 Å². The van der Waals surface area contributed by atoms with Crippen LogP contribution < -0.4 is 11.1 Å². The van der Waals surface area contributed by atoms with Crippen LogP contribution in [0.2, 0.25) is 0 Å². The van der Waals surface area contributed by atoms with Crippen LogP contribution in [0.4, 0.5) is 18.9 Å². The summed E-state index contributed by atoms with van der Waals surface area (Å²) in [6.07, 6.45) is -2.56. The highest BCUT2D eigenvalue weighted by atomic mass is 19.4. The zero-order valence-corrected chi connectivity index (χ0v) is 21.7. The van der Waals surface area contributed by atoms with Crippen molar-refractivity contribution in [2.24, 2.45) is 5.73 Å². The van der Waals surface area contributed by atoms with Gasteiger partial charge in [0.25, 0.3) is 5.91 Å². The van der Waals surface area contributed by atoms with Crippen LogP contribution in [-0.4, -0.2) is 49.2 Å². The summed E-state index contributed by atoms with van der Waals surface area (Å²) in [4.78, 5) is 33.2. The van der Waals surface area contributed by atoms with Gasteiger partial charge in [0.15, 0.2) is 0 Å². The van der Waals surface area contributed by atoms with Gasteiger partial charge in [-0.3, -0.25) is 14.0 Å². The lowest BCUT2D eigenvalue weighted by Crippen LogP contribution is -2.49. The summed E-state index contributed by atoms with van der Waals surface area (Å²) in [6.45, 7) is 5.74. The first kappa shape index (κ1) is 27.8. The van der Waals surface area contributed by atoms with E-state index in [1.54, 1.807) is 35.7 Å². The summed E-state index contributed by atoms with van der Waals surface area (Å²) >= 11 is 0. The normalized spacial score (nSPS) is 14.2. The largest absolute Gasteiger partial charge is 0.449 e. The van der Waals surface area contributed by atoms with Gasteiger partial charge in [-0.2, -0.15) is 18.2 Å². The molecule has 0 saturated carbocycles. The number of carbonyl (C=O) groups is 2. The number of aryl methyl sites for hydroxylation is 3. The number of nitrogens with zero attached hydrogens (tertiary/aromatic N) is 4. The molecule has 0 bridgehead atoms. The van der Waals surface area contributed by atoms with E-state index in [2.05, 4.69) is 25.2 Å². The van der Waals surface area contributed by atoms with E-state index in [0.717, 1.165) is 18.1 Å². The molecule has 13 heteroatoms. The molecule has 2 unspecified atom stereocenters. The van der Waals surface area contributed by atoms with Gasteiger partial charge in [-0.15, -0.1) is 0 Å². The molecule has 0 aliphatic rings. The molecule has 0 fully saturated rings. The number of alkyl halides is 3. The molecular formula is C26H27F3N6O4. The fourth-order valence-electron chi connectivity index (χ4n) is 3.72. The average molecular weight is 545 g/mol. The van der Waals surface area contributed by atoms with Crippen LogP contribution in [0, 0.1) is 13.8 Å².